The van der Waals surface area contributed by atoms with E-state index in [1.807, 2.05) is 0 Å². The van der Waals surface area contributed by atoms with Gasteiger partial charge in [-0.1, -0.05) is 0 Å². The van der Waals surface area contributed by atoms with Crippen LogP contribution in [0.3, 0.4) is 0 Å². The fraction of sp³-hybridized carbons (Fsp3) is 0. The van der Waals surface area contributed by atoms with Crippen molar-refractivity contribution in [1.29, 1.82) is 0 Å². The van der Waals surface area contributed by atoms with Crippen LogP contribution in [0.15, 0.2) is 0 Å². The molecule has 0 rings (SSSR count). The number of hydrogen-bond acceptors (Lipinski definition) is 2. The molecule has 0 bridgehead atoms. The number of rotatable bonds is 0. The monoisotopic (exact) mass is 141 g/mol. The summed E-state index contributed by atoms with van der Waals surface area (Å²) in [5.41, 5.74) is 0. The van der Waals surface area contributed by atoms with Gasteiger partial charge in [0.15, 0.2) is 0 Å². The average molecular weight is 142 g/mol. The first-order valence-electron chi connectivity index (χ1n) is 0.412. The van der Waals surface area contributed by atoms with Crippen molar-refractivity contribution in [2.75, 3.05) is 0 Å². The van der Waals surface area contributed by atoms with E-state index in [4.69, 9.17) is 4.46 Å². The second-order valence-corrected chi connectivity index (χ2v) is 0. The van der Waals surface area contributed by atoms with Gasteiger partial charge in [-0.05, 0) is 0 Å². The van der Waals surface area contributed by atoms with Gasteiger partial charge < -0.3 is 4.46 Å². The molecule has 0 saturated heterocycles. The second kappa shape index (κ2) is 49.9. The molecule has 0 spiro atoms. The standard InChI is InChI=1S/Cu.H2OSi.S/c;1-2;/h;2H2;. The summed E-state index contributed by atoms with van der Waals surface area (Å²) >= 11 is 3.77. The first-order chi connectivity index (χ1) is 2.00. The molecule has 0 aliphatic rings. The fourth-order valence-electron chi connectivity index (χ4n) is 0. The molecule has 0 saturated carbocycles. The normalized spacial score (nSPS) is 2.50. The van der Waals surface area contributed by atoms with E-state index in [-0.39, 0.29) is 0 Å². The Hall–Kier alpha value is 0.756. The van der Waals surface area contributed by atoms with Gasteiger partial charge in [0.2, 0.25) is 10.1 Å². The summed E-state index contributed by atoms with van der Waals surface area (Å²) in [6, 6.07) is 0. The van der Waals surface area contributed by atoms with Crippen LogP contribution in [-0.2, 0) is 18.8 Å². The van der Waals surface area contributed by atoms with Crippen LogP contribution in [0.2, 0.25) is 0 Å². The third-order valence-corrected chi connectivity index (χ3v) is 0. The third kappa shape index (κ3) is 14.9. The van der Waals surface area contributed by atoms with Crippen LogP contribution < -0.4 is 0 Å². The van der Waals surface area contributed by atoms with Gasteiger partial charge in [-0.3, -0.25) is 0 Å². The van der Waals surface area contributed by atoms with Crippen molar-refractivity contribution in [2.45, 2.75) is 0 Å². The Morgan fingerprint density at radius 2 is 1.50 bits per heavy atom. The Morgan fingerprint density at radius 1 is 1.50 bits per heavy atom. The van der Waals surface area contributed by atoms with Gasteiger partial charge in [-0.2, -0.15) is 0 Å². The Morgan fingerprint density at radius 3 is 1.50 bits per heavy atom. The first kappa shape index (κ1) is 8.83. The Kier molecular flexibility index (Phi) is 110. The molecule has 0 radical (unpaired) electrons. The molecule has 29 valence electrons. The van der Waals surface area contributed by atoms with Crippen LogP contribution >= 0.6 is 10.6 Å². The zero-order chi connectivity index (χ0) is 4.00. The van der Waals surface area contributed by atoms with Crippen molar-refractivity contribution in [1.82, 2.24) is 0 Å². The summed E-state index contributed by atoms with van der Waals surface area (Å²) in [6.07, 6.45) is 0. The quantitative estimate of drug-likeness (QED) is 0.428. The molecular formula is H2CuOSSi. The molecule has 0 N–H and O–H groups in total. The minimum atomic E-state index is 0.611. The van der Waals surface area contributed by atoms with Crippen LogP contribution in [0, 0.1) is 0 Å². The summed E-state index contributed by atoms with van der Waals surface area (Å²) in [4.78, 5) is 0. The van der Waals surface area contributed by atoms with Gasteiger partial charge in [-0.25, -0.2) is 0 Å². The Balaban J connectivity index is 0. The van der Waals surface area contributed by atoms with Gasteiger partial charge in [0.1, 0.15) is 0 Å². The van der Waals surface area contributed by atoms with Crippen LogP contribution in [0.25, 0.3) is 0 Å². The molecular weight excluding hydrogens is 140 g/mol. The van der Waals surface area contributed by atoms with E-state index in [0.29, 0.717) is 10.1 Å². The maximum absolute atomic E-state index is 8.28. The van der Waals surface area contributed by atoms with Crippen LogP contribution in [0.5, 0.6) is 0 Å². The van der Waals surface area contributed by atoms with Crippen molar-refractivity contribution in [2.24, 2.45) is 0 Å². The molecule has 0 fully saturated rings. The molecule has 4 heteroatoms. The molecule has 0 aliphatic heterocycles. The molecule has 0 amide bonds. The van der Waals surface area contributed by atoms with Crippen LogP contribution in [0.1, 0.15) is 0 Å². The van der Waals surface area contributed by atoms with E-state index in [2.05, 4.69) is 24.9 Å². The van der Waals surface area contributed by atoms with Crippen molar-refractivity contribution >= 4 is 20.7 Å². The van der Waals surface area contributed by atoms with Gasteiger partial charge >= 0.3 is 24.9 Å². The maximum atomic E-state index is 8.28. The average Bonchev–Trinajstić information content (AvgIpc) is 1.50. The van der Waals surface area contributed by atoms with Gasteiger partial charge in [0, 0.05) is 0 Å². The van der Waals surface area contributed by atoms with E-state index in [1.54, 1.807) is 0 Å². The molecule has 0 heterocycles. The van der Waals surface area contributed by atoms with Crippen LogP contribution in [-0.4, -0.2) is 10.1 Å². The summed E-state index contributed by atoms with van der Waals surface area (Å²) in [5, 5.41) is 0. The van der Waals surface area contributed by atoms with E-state index >= 15 is 0 Å². The van der Waals surface area contributed by atoms with Crippen LogP contribution in [0.4, 0.5) is 0 Å². The molecule has 0 aromatic rings. The van der Waals surface area contributed by atoms with E-state index in [1.165, 1.54) is 0 Å². The molecule has 0 aliphatic carbocycles. The van der Waals surface area contributed by atoms with Crippen molar-refractivity contribution in [3.05, 3.63) is 0 Å². The summed E-state index contributed by atoms with van der Waals surface area (Å²) in [6.45, 7) is 0. The van der Waals surface area contributed by atoms with E-state index in [9.17, 15) is 0 Å². The molecule has 0 atom stereocenters. The Labute approximate surface area is 39.9 Å². The molecule has 0 aromatic carbocycles. The Bertz CT molecular complexity index is 10.0. The number of hydrogen-bond donors (Lipinski definition) is 0. The minimum absolute atomic E-state index is 0.611. The zero-order valence-corrected chi connectivity index (χ0v) is 5.00. The van der Waals surface area contributed by atoms with Crippen molar-refractivity contribution in [3.8, 4) is 0 Å². The predicted molar refractivity (Wildman–Crippen MR) is 16.8 cm³/mol. The molecule has 0 aromatic heterocycles. The van der Waals surface area contributed by atoms with E-state index < -0.39 is 0 Å². The molecule has 0 unspecified atom stereocenters. The molecule has 1 nitrogen and oxygen atoms in total. The van der Waals surface area contributed by atoms with Gasteiger partial charge in [-0.15, -0.1) is 0 Å². The van der Waals surface area contributed by atoms with Gasteiger partial charge in [0.25, 0.3) is 0 Å². The fourth-order valence-corrected chi connectivity index (χ4v) is 0. The van der Waals surface area contributed by atoms with Crippen molar-refractivity contribution in [3.63, 3.8) is 0 Å². The summed E-state index contributed by atoms with van der Waals surface area (Å²) < 4.78 is 8.28. The second-order valence-electron chi connectivity index (χ2n) is 0. The topological polar surface area (TPSA) is 17.1 Å². The van der Waals surface area contributed by atoms with Gasteiger partial charge in [0.05, 0.1) is 0 Å². The predicted octanol–water partition coefficient (Wildman–Crippen LogP) is -0.389. The first-order valence-corrected chi connectivity index (χ1v) is 2.39. The van der Waals surface area contributed by atoms with E-state index in [0.717, 1.165) is 0 Å². The summed E-state index contributed by atoms with van der Waals surface area (Å²) in [7, 11) is 4.26. The molecule has 4 heavy (non-hydrogen) atoms. The third-order valence-electron chi connectivity index (χ3n) is 0. The SMILES string of the molecule is O=[SiH2].[S]=[Cu]. The van der Waals surface area contributed by atoms with Crippen molar-refractivity contribution < 1.29 is 18.8 Å². The zero-order valence-electron chi connectivity index (χ0n) is 1.83. The summed E-state index contributed by atoms with van der Waals surface area (Å²) in [5.74, 6) is 0.